The smallest absolute Gasteiger partial charge is 0.410 e. The number of nitrogens with zero attached hydrogens (tertiary/aromatic N) is 1. The fraction of sp³-hybridized carbons (Fsp3) is 0.611. The Bertz CT molecular complexity index is 541. The highest BCUT2D eigenvalue weighted by atomic mass is 79.9. The maximum Gasteiger partial charge on any atom is 0.410 e. The van der Waals surface area contributed by atoms with Crippen molar-refractivity contribution >= 4 is 33.8 Å². The van der Waals surface area contributed by atoms with Crippen LogP contribution in [0.5, 0.6) is 5.75 Å². The molecule has 1 fully saturated rings. The lowest BCUT2D eigenvalue weighted by Gasteiger charge is -2.29. The number of halogens is 1. The molecule has 0 aliphatic carbocycles. The van der Waals surface area contributed by atoms with E-state index in [0.29, 0.717) is 18.4 Å². The number of carbonyl (C=O) groups excluding carboxylic acids is 1. The molecule has 1 heterocycles. The summed E-state index contributed by atoms with van der Waals surface area (Å²) < 4.78 is 12.3. The van der Waals surface area contributed by atoms with Gasteiger partial charge in [-0.25, -0.2) is 4.79 Å². The van der Waals surface area contributed by atoms with Crippen molar-refractivity contribution in [3.8, 4) is 5.75 Å². The predicted molar refractivity (Wildman–Crippen MR) is 103 cm³/mol. The fourth-order valence-electron chi connectivity index (χ4n) is 2.45. The first-order valence-electron chi connectivity index (χ1n) is 8.31. The molecule has 6 heteroatoms. The average Bonchev–Trinajstić information content (AvgIpc) is 2.97. The third kappa shape index (κ3) is 6.93. The quantitative estimate of drug-likeness (QED) is 0.657. The second-order valence-electron chi connectivity index (χ2n) is 6.87. The molecule has 0 spiro atoms. The molecule has 0 saturated carbocycles. The molecule has 1 atom stereocenters. The van der Waals surface area contributed by atoms with Crippen LogP contribution in [-0.2, 0) is 4.74 Å². The van der Waals surface area contributed by atoms with Gasteiger partial charge in [0.05, 0.1) is 6.54 Å². The maximum atomic E-state index is 12.5. The summed E-state index contributed by atoms with van der Waals surface area (Å²) in [4.78, 5) is 14.3. The molecule has 1 aromatic carbocycles. The van der Waals surface area contributed by atoms with Gasteiger partial charge in [0.1, 0.15) is 18.0 Å². The van der Waals surface area contributed by atoms with Crippen LogP contribution in [-0.4, -0.2) is 47.3 Å². The van der Waals surface area contributed by atoms with E-state index in [9.17, 15) is 4.79 Å². The van der Waals surface area contributed by atoms with Crippen molar-refractivity contribution in [1.29, 1.82) is 0 Å². The van der Waals surface area contributed by atoms with Crippen LogP contribution in [0.2, 0.25) is 0 Å². The average molecular weight is 416 g/mol. The van der Waals surface area contributed by atoms with E-state index >= 15 is 0 Å². The zero-order chi connectivity index (χ0) is 17.6. The summed E-state index contributed by atoms with van der Waals surface area (Å²) >= 11 is 5.37. The Morgan fingerprint density at radius 3 is 2.83 bits per heavy atom. The third-order valence-corrected chi connectivity index (χ3v) is 5.40. The first-order valence-corrected chi connectivity index (χ1v) is 10.2. The van der Waals surface area contributed by atoms with Crippen molar-refractivity contribution in [3.63, 3.8) is 0 Å². The van der Waals surface area contributed by atoms with Crippen molar-refractivity contribution in [2.24, 2.45) is 0 Å². The van der Waals surface area contributed by atoms with Crippen LogP contribution in [0.25, 0.3) is 0 Å². The summed E-state index contributed by atoms with van der Waals surface area (Å²) in [6.45, 7) is 7.38. The summed E-state index contributed by atoms with van der Waals surface area (Å²) in [6, 6.07) is 7.72. The highest BCUT2D eigenvalue weighted by Gasteiger charge is 2.26. The molecule has 2 rings (SSSR count). The minimum atomic E-state index is -0.483. The van der Waals surface area contributed by atoms with Crippen molar-refractivity contribution < 1.29 is 14.3 Å². The number of rotatable bonds is 6. The van der Waals surface area contributed by atoms with Crippen LogP contribution in [0.1, 0.15) is 33.6 Å². The second-order valence-corrected chi connectivity index (χ2v) is 9.19. The van der Waals surface area contributed by atoms with Gasteiger partial charge in [0.2, 0.25) is 0 Å². The molecule has 1 aliphatic heterocycles. The van der Waals surface area contributed by atoms with E-state index in [1.165, 1.54) is 12.2 Å². The zero-order valence-electron chi connectivity index (χ0n) is 14.6. The molecule has 134 valence electrons. The van der Waals surface area contributed by atoms with Crippen molar-refractivity contribution in [1.82, 2.24) is 4.90 Å². The van der Waals surface area contributed by atoms with Gasteiger partial charge >= 0.3 is 6.09 Å². The topological polar surface area (TPSA) is 38.8 Å². The molecule has 1 amide bonds. The summed E-state index contributed by atoms with van der Waals surface area (Å²) in [5, 5.41) is 0.503. The minimum Gasteiger partial charge on any atom is -0.492 e. The molecule has 0 bridgehead atoms. The highest BCUT2D eigenvalue weighted by molar-refractivity contribution is 9.10. The number of hydrogen-bond donors (Lipinski definition) is 0. The van der Waals surface area contributed by atoms with Crippen LogP contribution in [0.15, 0.2) is 28.7 Å². The Hall–Kier alpha value is -0.880. The van der Waals surface area contributed by atoms with Crippen molar-refractivity contribution in [2.75, 3.05) is 25.4 Å². The number of carbonyl (C=O) groups is 1. The van der Waals surface area contributed by atoms with E-state index in [1.807, 2.05) is 56.8 Å². The van der Waals surface area contributed by atoms with Crippen molar-refractivity contribution in [2.45, 2.75) is 44.5 Å². The lowest BCUT2D eigenvalue weighted by molar-refractivity contribution is 0.0227. The van der Waals surface area contributed by atoms with Gasteiger partial charge in [-0.3, -0.25) is 0 Å². The van der Waals surface area contributed by atoms with Gasteiger partial charge in [-0.2, -0.15) is 11.8 Å². The summed E-state index contributed by atoms with van der Waals surface area (Å²) in [5.41, 5.74) is -0.483. The van der Waals surface area contributed by atoms with Gasteiger partial charge in [0.25, 0.3) is 0 Å². The zero-order valence-corrected chi connectivity index (χ0v) is 17.0. The molecule has 4 nitrogen and oxygen atoms in total. The SMILES string of the molecule is CC(C)(C)OC(=O)N(CCOc1cccc(Br)c1)CC1CCCS1. The highest BCUT2D eigenvalue weighted by Crippen LogP contribution is 2.27. The number of hydrogen-bond acceptors (Lipinski definition) is 4. The molecule has 0 N–H and O–H groups in total. The Balaban J connectivity index is 1.90. The van der Waals surface area contributed by atoms with Gasteiger partial charge in [0.15, 0.2) is 0 Å². The monoisotopic (exact) mass is 415 g/mol. The molecule has 24 heavy (non-hydrogen) atoms. The predicted octanol–water partition coefficient (Wildman–Crippen LogP) is 4.96. The molecule has 0 aromatic heterocycles. The molecule has 0 radical (unpaired) electrons. The Kier molecular flexibility index (Phi) is 7.29. The lowest BCUT2D eigenvalue weighted by Crippen LogP contribution is -2.42. The lowest BCUT2D eigenvalue weighted by atomic mass is 10.2. The van der Waals surface area contributed by atoms with Gasteiger partial charge in [-0.05, 0) is 57.6 Å². The molecule has 1 unspecified atom stereocenters. The van der Waals surface area contributed by atoms with Crippen LogP contribution >= 0.6 is 27.7 Å². The fourth-order valence-corrected chi connectivity index (χ4v) is 4.11. The molecule has 1 saturated heterocycles. The minimum absolute atomic E-state index is 0.257. The van der Waals surface area contributed by atoms with Gasteiger partial charge in [0, 0.05) is 16.3 Å². The van der Waals surface area contributed by atoms with Crippen molar-refractivity contribution in [3.05, 3.63) is 28.7 Å². The third-order valence-electron chi connectivity index (χ3n) is 3.53. The Morgan fingerprint density at radius 2 is 2.21 bits per heavy atom. The van der Waals surface area contributed by atoms with E-state index in [1.54, 1.807) is 4.90 Å². The Morgan fingerprint density at radius 1 is 1.42 bits per heavy atom. The first kappa shape index (κ1) is 19.4. The van der Waals surface area contributed by atoms with E-state index in [2.05, 4.69) is 15.9 Å². The first-order chi connectivity index (χ1) is 11.3. The van der Waals surface area contributed by atoms with E-state index in [0.717, 1.165) is 23.2 Å². The molecular formula is C18H26BrNO3S. The normalized spacial score (nSPS) is 17.6. The van der Waals surface area contributed by atoms with Gasteiger partial charge in [-0.15, -0.1) is 0 Å². The molecule has 1 aromatic rings. The number of amides is 1. The summed E-state index contributed by atoms with van der Waals surface area (Å²) in [6.07, 6.45) is 2.13. The number of ether oxygens (including phenoxy) is 2. The molecular weight excluding hydrogens is 390 g/mol. The van der Waals surface area contributed by atoms with E-state index in [-0.39, 0.29) is 6.09 Å². The number of thioether (sulfide) groups is 1. The van der Waals surface area contributed by atoms with Crippen LogP contribution < -0.4 is 4.74 Å². The summed E-state index contributed by atoms with van der Waals surface area (Å²) in [7, 11) is 0. The summed E-state index contributed by atoms with van der Waals surface area (Å²) in [5.74, 6) is 1.98. The van der Waals surface area contributed by atoms with Gasteiger partial charge in [-0.1, -0.05) is 22.0 Å². The largest absolute Gasteiger partial charge is 0.492 e. The van der Waals surface area contributed by atoms with E-state index in [4.69, 9.17) is 9.47 Å². The molecule has 1 aliphatic rings. The van der Waals surface area contributed by atoms with E-state index < -0.39 is 5.60 Å². The second kappa shape index (κ2) is 8.99. The number of benzene rings is 1. The maximum absolute atomic E-state index is 12.5. The van der Waals surface area contributed by atoms with Crippen LogP contribution in [0.3, 0.4) is 0 Å². The van der Waals surface area contributed by atoms with Gasteiger partial charge < -0.3 is 14.4 Å². The van der Waals surface area contributed by atoms with Crippen LogP contribution in [0.4, 0.5) is 4.79 Å². The standard InChI is InChI=1S/C18H26BrNO3S/c1-18(2,3)23-17(21)20(13-16-8-5-11-24-16)9-10-22-15-7-4-6-14(19)12-15/h4,6-7,12,16H,5,8-11,13H2,1-3H3. The van der Waals surface area contributed by atoms with Crippen LogP contribution in [0, 0.1) is 0 Å². The Labute approximate surface area is 157 Å².